The van der Waals surface area contributed by atoms with E-state index >= 15 is 0 Å². The van der Waals surface area contributed by atoms with Crippen molar-refractivity contribution in [3.63, 3.8) is 0 Å². The summed E-state index contributed by atoms with van der Waals surface area (Å²) in [6.07, 6.45) is 0.217. The largest absolute Gasteiger partial charge is 0.325 e. The van der Waals surface area contributed by atoms with Crippen LogP contribution in [0.25, 0.3) is 0 Å². The molecule has 2 rings (SSSR count). The van der Waals surface area contributed by atoms with E-state index in [0.717, 1.165) is 5.56 Å². The van der Waals surface area contributed by atoms with Crippen LogP contribution in [0.3, 0.4) is 0 Å². The van der Waals surface area contributed by atoms with Crippen LogP contribution in [0.2, 0.25) is 5.02 Å². The molecule has 4 heteroatoms. The van der Waals surface area contributed by atoms with Crippen LogP contribution in [0.5, 0.6) is 0 Å². The van der Waals surface area contributed by atoms with Gasteiger partial charge in [-0.3, -0.25) is 4.79 Å². The van der Waals surface area contributed by atoms with Crippen molar-refractivity contribution in [2.24, 2.45) is 5.73 Å². The maximum Gasteiger partial charge on any atom is 0.226 e. The molecule has 3 nitrogen and oxygen atoms in total. The molecule has 19 heavy (non-hydrogen) atoms. The third kappa shape index (κ3) is 3.81. The van der Waals surface area contributed by atoms with Crippen molar-refractivity contribution in [1.82, 2.24) is 0 Å². The van der Waals surface area contributed by atoms with E-state index in [1.54, 1.807) is 12.1 Å². The number of carbonyl (C=O) groups is 1. The quantitative estimate of drug-likeness (QED) is 0.898. The summed E-state index contributed by atoms with van der Waals surface area (Å²) in [6.45, 7) is 0. The second kappa shape index (κ2) is 6.36. The fourth-order valence-corrected chi connectivity index (χ4v) is 1.96. The van der Waals surface area contributed by atoms with Gasteiger partial charge in [0.25, 0.3) is 0 Å². The Balaban J connectivity index is 1.97. The number of anilines is 1. The molecule has 2 aromatic carbocycles. The van der Waals surface area contributed by atoms with Gasteiger partial charge in [-0.05, 0) is 17.7 Å². The van der Waals surface area contributed by atoms with Gasteiger partial charge < -0.3 is 11.1 Å². The highest BCUT2D eigenvalue weighted by Crippen LogP contribution is 2.21. The highest BCUT2D eigenvalue weighted by atomic mass is 35.5. The summed E-state index contributed by atoms with van der Waals surface area (Å²) >= 11 is 5.98. The molecule has 0 saturated heterocycles. The van der Waals surface area contributed by atoms with Gasteiger partial charge in [0.1, 0.15) is 0 Å². The van der Waals surface area contributed by atoms with E-state index in [2.05, 4.69) is 5.32 Å². The van der Waals surface area contributed by atoms with Gasteiger partial charge in [0.2, 0.25) is 5.91 Å². The molecule has 0 aliphatic carbocycles. The SMILES string of the molecule is NC(CC(=O)Nc1ccccc1Cl)c1ccccc1. The number of hydrogen-bond donors (Lipinski definition) is 2. The summed E-state index contributed by atoms with van der Waals surface area (Å²) in [7, 11) is 0. The second-order valence-electron chi connectivity index (χ2n) is 4.25. The molecule has 1 unspecified atom stereocenters. The van der Waals surface area contributed by atoms with Gasteiger partial charge in [-0.1, -0.05) is 54.1 Å². The van der Waals surface area contributed by atoms with E-state index in [0.29, 0.717) is 10.7 Å². The molecule has 98 valence electrons. The lowest BCUT2D eigenvalue weighted by molar-refractivity contribution is -0.116. The minimum Gasteiger partial charge on any atom is -0.325 e. The molecule has 0 saturated carbocycles. The Morgan fingerprint density at radius 2 is 1.74 bits per heavy atom. The first-order valence-electron chi connectivity index (χ1n) is 6.01. The van der Waals surface area contributed by atoms with Crippen LogP contribution in [0.1, 0.15) is 18.0 Å². The van der Waals surface area contributed by atoms with Crippen molar-refractivity contribution in [2.45, 2.75) is 12.5 Å². The Morgan fingerprint density at radius 3 is 2.42 bits per heavy atom. The summed E-state index contributed by atoms with van der Waals surface area (Å²) in [4.78, 5) is 11.9. The molecule has 0 aromatic heterocycles. The number of rotatable bonds is 4. The smallest absolute Gasteiger partial charge is 0.226 e. The zero-order valence-corrected chi connectivity index (χ0v) is 11.1. The molecule has 0 fully saturated rings. The van der Waals surface area contributed by atoms with Crippen LogP contribution in [-0.2, 0) is 4.79 Å². The van der Waals surface area contributed by atoms with Crippen molar-refractivity contribution >= 4 is 23.2 Å². The van der Waals surface area contributed by atoms with Gasteiger partial charge in [-0.15, -0.1) is 0 Å². The van der Waals surface area contributed by atoms with Crippen LogP contribution < -0.4 is 11.1 Å². The zero-order chi connectivity index (χ0) is 13.7. The van der Waals surface area contributed by atoms with Gasteiger partial charge >= 0.3 is 0 Å². The maximum atomic E-state index is 11.9. The van der Waals surface area contributed by atoms with Crippen molar-refractivity contribution in [3.8, 4) is 0 Å². The summed E-state index contributed by atoms with van der Waals surface area (Å²) in [5.74, 6) is -0.149. The Morgan fingerprint density at radius 1 is 1.11 bits per heavy atom. The maximum absolute atomic E-state index is 11.9. The third-order valence-electron chi connectivity index (χ3n) is 2.78. The van der Waals surface area contributed by atoms with Crippen molar-refractivity contribution in [3.05, 3.63) is 65.2 Å². The van der Waals surface area contributed by atoms with E-state index in [4.69, 9.17) is 17.3 Å². The minimum absolute atomic E-state index is 0.149. The number of para-hydroxylation sites is 1. The normalized spacial score (nSPS) is 11.9. The van der Waals surface area contributed by atoms with Crippen LogP contribution in [0, 0.1) is 0 Å². The van der Waals surface area contributed by atoms with Crippen molar-refractivity contribution in [1.29, 1.82) is 0 Å². The lowest BCUT2D eigenvalue weighted by Crippen LogP contribution is -2.20. The van der Waals surface area contributed by atoms with Crippen LogP contribution >= 0.6 is 11.6 Å². The summed E-state index contributed by atoms with van der Waals surface area (Å²) in [6, 6.07) is 16.3. The minimum atomic E-state index is -0.316. The van der Waals surface area contributed by atoms with Gasteiger partial charge in [0.15, 0.2) is 0 Å². The van der Waals surface area contributed by atoms with Crippen LogP contribution in [0.15, 0.2) is 54.6 Å². The van der Waals surface area contributed by atoms with Gasteiger partial charge in [-0.2, -0.15) is 0 Å². The lowest BCUT2D eigenvalue weighted by Gasteiger charge is -2.12. The first-order valence-corrected chi connectivity index (χ1v) is 6.39. The Hall–Kier alpha value is -1.84. The third-order valence-corrected chi connectivity index (χ3v) is 3.11. The number of benzene rings is 2. The lowest BCUT2D eigenvalue weighted by atomic mass is 10.0. The molecule has 1 amide bonds. The molecule has 1 atom stereocenters. The highest BCUT2D eigenvalue weighted by Gasteiger charge is 2.12. The van der Waals surface area contributed by atoms with E-state index in [9.17, 15) is 4.79 Å². The molecule has 3 N–H and O–H groups in total. The molecule has 0 spiro atoms. The predicted octanol–water partition coefficient (Wildman–Crippen LogP) is 3.37. The van der Waals surface area contributed by atoms with E-state index < -0.39 is 0 Å². The molecule has 0 heterocycles. The molecule has 0 aliphatic heterocycles. The van der Waals surface area contributed by atoms with E-state index in [1.807, 2.05) is 42.5 Å². The Kier molecular flexibility index (Phi) is 4.55. The zero-order valence-electron chi connectivity index (χ0n) is 10.3. The van der Waals surface area contributed by atoms with Gasteiger partial charge in [0, 0.05) is 12.5 Å². The standard InChI is InChI=1S/C15H15ClN2O/c16-12-8-4-5-9-14(12)18-15(19)10-13(17)11-6-2-1-3-7-11/h1-9,13H,10,17H2,(H,18,19). The average Bonchev–Trinajstić information content (AvgIpc) is 2.42. The number of carbonyl (C=O) groups excluding carboxylic acids is 1. The summed E-state index contributed by atoms with van der Waals surface area (Å²) in [5.41, 5.74) is 7.54. The average molecular weight is 275 g/mol. The summed E-state index contributed by atoms with van der Waals surface area (Å²) in [5, 5.41) is 3.28. The molecule has 0 aliphatic rings. The van der Waals surface area contributed by atoms with Crippen molar-refractivity contribution < 1.29 is 4.79 Å². The fourth-order valence-electron chi connectivity index (χ4n) is 1.78. The van der Waals surface area contributed by atoms with Crippen LogP contribution in [0.4, 0.5) is 5.69 Å². The first-order chi connectivity index (χ1) is 9.16. The monoisotopic (exact) mass is 274 g/mol. The van der Waals surface area contributed by atoms with Crippen LogP contribution in [-0.4, -0.2) is 5.91 Å². The van der Waals surface area contributed by atoms with Gasteiger partial charge in [-0.25, -0.2) is 0 Å². The molecular formula is C15H15ClN2O. The first kappa shape index (κ1) is 13.6. The number of hydrogen-bond acceptors (Lipinski definition) is 2. The molecule has 0 radical (unpaired) electrons. The topological polar surface area (TPSA) is 55.1 Å². The molecule has 0 bridgehead atoms. The summed E-state index contributed by atoms with van der Waals surface area (Å²) < 4.78 is 0. The number of nitrogens with one attached hydrogen (secondary N) is 1. The molecule has 2 aromatic rings. The molecular weight excluding hydrogens is 260 g/mol. The number of nitrogens with two attached hydrogens (primary N) is 1. The van der Waals surface area contributed by atoms with E-state index in [-0.39, 0.29) is 18.4 Å². The Bertz CT molecular complexity index is 557. The number of halogens is 1. The highest BCUT2D eigenvalue weighted by molar-refractivity contribution is 6.33. The number of amides is 1. The fraction of sp³-hybridized carbons (Fsp3) is 0.133. The van der Waals surface area contributed by atoms with Crippen molar-refractivity contribution in [2.75, 3.05) is 5.32 Å². The second-order valence-corrected chi connectivity index (χ2v) is 4.66. The van der Waals surface area contributed by atoms with E-state index in [1.165, 1.54) is 0 Å². The Labute approximate surface area is 117 Å². The van der Waals surface area contributed by atoms with Gasteiger partial charge in [0.05, 0.1) is 10.7 Å². The predicted molar refractivity (Wildman–Crippen MR) is 78.1 cm³/mol.